The molecule has 0 saturated heterocycles. The maximum Gasteiger partial charge on any atom is 0.183 e. The molecule has 7 heteroatoms. The molecular weight excluding hydrogens is 306 g/mol. The summed E-state index contributed by atoms with van der Waals surface area (Å²) in [5.74, 6) is 0. The lowest BCUT2D eigenvalue weighted by Crippen LogP contribution is -1.97. The monoisotopic (exact) mass is 311 g/mol. The molecule has 2 aromatic heterocycles. The third-order valence-electron chi connectivity index (χ3n) is 2.99. The first kappa shape index (κ1) is 13.3. The van der Waals surface area contributed by atoms with Gasteiger partial charge in [0.25, 0.3) is 0 Å². The molecule has 0 radical (unpaired) electrons. The minimum Gasteiger partial charge on any atom is -0.329 e. The number of nitrogens with one attached hydrogen (secondary N) is 1. The number of hydrogen-bond donors (Lipinski definition) is 1. The molecule has 1 aromatic carbocycles. The van der Waals surface area contributed by atoms with Crippen LogP contribution in [0.1, 0.15) is 11.1 Å². The molecule has 3 aromatic rings. The van der Waals surface area contributed by atoms with E-state index in [4.69, 9.17) is 34.3 Å². The predicted molar refractivity (Wildman–Crippen MR) is 80.7 cm³/mol. The summed E-state index contributed by atoms with van der Waals surface area (Å²) in [5, 5.41) is 18.6. The van der Waals surface area contributed by atoms with Gasteiger partial charge in [0, 0.05) is 6.20 Å². The van der Waals surface area contributed by atoms with Crippen LogP contribution in [0.25, 0.3) is 16.9 Å². The summed E-state index contributed by atoms with van der Waals surface area (Å²) < 4.78 is 2.14. The predicted octanol–water partition coefficient (Wildman–Crippen LogP) is 3.48. The minimum atomic E-state index is 0.292. The largest absolute Gasteiger partial charge is 0.329 e. The van der Waals surface area contributed by atoms with Crippen molar-refractivity contribution < 1.29 is 0 Å². The van der Waals surface area contributed by atoms with Gasteiger partial charge >= 0.3 is 0 Å². The molecule has 3 rings (SSSR count). The van der Waals surface area contributed by atoms with E-state index in [2.05, 4.69) is 9.97 Å². The van der Waals surface area contributed by atoms with Crippen LogP contribution in [-0.4, -0.2) is 14.5 Å². The summed E-state index contributed by atoms with van der Waals surface area (Å²) in [6.45, 7) is 0. The first-order valence-electron chi connectivity index (χ1n) is 5.85. The molecule has 2 heterocycles. The summed E-state index contributed by atoms with van der Waals surface area (Å²) in [6, 6.07) is 10.6. The summed E-state index contributed by atoms with van der Waals surface area (Å²) >= 11 is 11.2. The quantitative estimate of drug-likeness (QED) is 0.698. The Kier molecular flexibility index (Phi) is 3.19. The van der Waals surface area contributed by atoms with Crippen LogP contribution >= 0.6 is 23.8 Å². The van der Waals surface area contributed by atoms with Gasteiger partial charge in [-0.25, -0.2) is 4.98 Å². The van der Waals surface area contributed by atoms with E-state index in [1.807, 2.05) is 12.1 Å². The number of fused-ring (bicyclic) bond motifs is 1. The van der Waals surface area contributed by atoms with Crippen molar-refractivity contribution in [2.24, 2.45) is 0 Å². The van der Waals surface area contributed by atoms with Gasteiger partial charge in [-0.2, -0.15) is 10.5 Å². The Hall–Kier alpha value is -2.67. The zero-order valence-corrected chi connectivity index (χ0v) is 12.0. The average molecular weight is 312 g/mol. The fraction of sp³-hybridized carbons (Fsp3) is 0. The zero-order chi connectivity index (χ0) is 15.0. The second-order valence-corrected chi connectivity index (χ2v) is 5.07. The van der Waals surface area contributed by atoms with E-state index in [1.54, 1.807) is 28.8 Å². The molecule has 0 spiro atoms. The molecule has 0 aliphatic carbocycles. The van der Waals surface area contributed by atoms with Gasteiger partial charge in [0.15, 0.2) is 10.4 Å². The Balaban J connectivity index is 2.32. The Morgan fingerprint density at radius 3 is 2.67 bits per heavy atom. The number of hydrogen-bond acceptors (Lipinski definition) is 4. The highest BCUT2D eigenvalue weighted by atomic mass is 35.5. The maximum absolute atomic E-state index is 9.11. The highest BCUT2D eigenvalue weighted by Crippen LogP contribution is 2.22. The number of rotatable bonds is 1. The Bertz CT molecular complexity index is 1000. The topological polar surface area (TPSA) is 81.2 Å². The van der Waals surface area contributed by atoms with E-state index < -0.39 is 0 Å². The fourth-order valence-electron chi connectivity index (χ4n) is 2.07. The summed E-state index contributed by atoms with van der Waals surface area (Å²) in [4.78, 5) is 7.28. The van der Waals surface area contributed by atoms with Gasteiger partial charge in [-0.1, -0.05) is 11.6 Å². The number of halogens is 1. The highest BCUT2D eigenvalue weighted by Gasteiger charge is 2.10. The van der Waals surface area contributed by atoms with Crippen LogP contribution in [0.15, 0.2) is 30.5 Å². The highest BCUT2D eigenvalue weighted by molar-refractivity contribution is 7.71. The summed E-state index contributed by atoms with van der Waals surface area (Å²) in [7, 11) is 0. The second kappa shape index (κ2) is 5.02. The third kappa shape index (κ3) is 2.17. The standard InChI is InChI=1S/C14H6ClN5S/c15-10-4-12-13(18-7-10)20(14(21)19-12)11-2-1-8(5-16)9(3-11)6-17/h1-4,7H,(H,19,21). The van der Waals surface area contributed by atoms with Crippen LogP contribution in [-0.2, 0) is 0 Å². The first-order valence-corrected chi connectivity index (χ1v) is 6.63. The zero-order valence-electron chi connectivity index (χ0n) is 10.5. The van der Waals surface area contributed by atoms with E-state index >= 15 is 0 Å². The van der Waals surface area contributed by atoms with Crippen LogP contribution in [0.2, 0.25) is 5.02 Å². The van der Waals surface area contributed by atoms with Crippen LogP contribution < -0.4 is 0 Å². The number of H-pyrrole nitrogens is 1. The number of nitrogens with zero attached hydrogens (tertiary/aromatic N) is 4. The van der Waals surface area contributed by atoms with Crippen molar-refractivity contribution in [3.05, 3.63) is 51.4 Å². The molecule has 0 aliphatic heterocycles. The Labute approximate surface area is 129 Å². The SMILES string of the molecule is N#Cc1ccc(-n2c(=S)[nH]c3cc(Cl)cnc32)cc1C#N. The van der Waals surface area contributed by atoms with Crippen molar-refractivity contribution >= 4 is 35.0 Å². The average Bonchev–Trinajstić information content (AvgIpc) is 2.81. The maximum atomic E-state index is 9.11. The molecule has 100 valence electrons. The van der Waals surface area contributed by atoms with Crippen molar-refractivity contribution in [1.82, 2.24) is 14.5 Å². The molecule has 0 aliphatic rings. The van der Waals surface area contributed by atoms with E-state index in [9.17, 15) is 0 Å². The number of aromatic nitrogens is 3. The fourth-order valence-corrected chi connectivity index (χ4v) is 2.53. The molecule has 0 bridgehead atoms. The molecule has 0 unspecified atom stereocenters. The van der Waals surface area contributed by atoms with Crippen molar-refractivity contribution in [1.29, 1.82) is 10.5 Å². The lowest BCUT2D eigenvalue weighted by molar-refractivity contribution is 1.04. The van der Waals surface area contributed by atoms with E-state index in [0.717, 1.165) is 0 Å². The lowest BCUT2D eigenvalue weighted by Gasteiger charge is -2.05. The van der Waals surface area contributed by atoms with Gasteiger partial charge in [0.2, 0.25) is 0 Å². The number of aromatic amines is 1. The van der Waals surface area contributed by atoms with E-state index in [1.165, 1.54) is 6.20 Å². The van der Waals surface area contributed by atoms with Crippen molar-refractivity contribution in [2.45, 2.75) is 0 Å². The number of benzene rings is 1. The van der Waals surface area contributed by atoms with Crippen molar-refractivity contribution in [3.63, 3.8) is 0 Å². The first-order chi connectivity index (χ1) is 10.1. The Morgan fingerprint density at radius 2 is 1.95 bits per heavy atom. The molecule has 0 fully saturated rings. The van der Waals surface area contributed by atoms with E-state index in [0.29, 0.717) is 37.8 Å². The van der Waals surface area contributed by atoms with Crippen LogP contribution in [0.5, 0.6) is 0 Å². The molecule has 0 atom stereocenters. The summed E-state index contributed by atoms with van der Waals surface area (Å²) in [6.07, 6.45) is 1.53. The van der Waals surface area contributed by atoms with Crippen LogP contribution in [0.4, 0.5) is 0 Å². The van der Waals surface area contributed by atoms with Crippen LogP contribution in [0.3, 0.4) is 0 Å². The van der Waals surface area contributed by atoms with Crippen LogP contribution in [0, 0.1) is 27.4 Å². The smallest absolute Gasteiger partial charge is 0.183 e. The van der Waals surface area contributed by atoms with E-state index in [-0.39, 0.29) is 0 Å². The molecule has 1 N–H and O–H groups in total. The van der Waals surface area contributed by atoms with Gasteiger partial charge in [-0.05, 0) is 36.5 Å². The summed E-state index contributed by atoms with van der Waals surface area (Å²) in [5.41, 5.74) is 2.59. The lowest BCUT2D eigenvalue weighted by atomic mass is 10.1. The van der Waals surface area contributed by atoms with Gasteiger partial charge in [-0.15, -0.1) is 0 Å². The molecular formula is C14H6ClN5S. The number of pyridine rings is 1. The molecule has 21 heavy (non-hydrogen) atoms. The minimum absolute atomic E-state index is 0.292. The molecule has 0 amide bonds. The number of imidazole rings is 1. The Morgan fingerprint density at radius 1 is 1.19 bits per heavy atom. The van der Waals surface area contributed by atoms with Crippen molar-refractivity contribution in [3.8, 4) is 17.8 Å². The molecule has 5 nitrogen and oxygen atoms in total. The van der Waals surface area contributed by atoms with Gasteiger partial charge < -0.3 is 4.98 Å². The molecule has 0 saturated carbocycles. The normalized spacial score (nSPS) is 10.2. The third-order valence-corrected chi connectivity index (χ3v) is 3.48. The second-order valence-electron chi connectivity index (χ2n) is 4.24. The van der Waals surface area contributed by atoms with Crippen molar-refractivity contribution in [2.75, 3.05) is 0 Å². The van der Waals surface area contributed by atoms with Gasteiger partial charge in [-0.3, -0.25) is 4.57 Å². The van der Waals surface area contributed by atoms with Gasteiger partial charge in [0.1, 0.15) is 12.1 Å². The number of nitriles is 2. The van der Waals surface area contributed by atoms with Gasteiger partial charge in [0.05, 0.1) is 27.4 Å².